The maximum Gasteiger partial charge on any atom is 0.0320 e. The van der Waals surface area contributed by atoms with E-state index in [1.165, 1.54) is 51.4 Å². The Balaban J connectivity index is 1.88. The number of rotatable bonds is 1. The van der Waals surface area contributed by atoms with E-state index in [-0.39, 0.29) is 0 Å². The lowest BCUT2D eigenvalue weighted by atomic mass is 9.71. The van der Waals surface area contributed by atoms with E-state index < -0.39 is 0 Å². The molecule has 0 aromatic carbocycles. The average Bonchev–Trinajstić information content (AvgIpc) is 2.55. The van der Waals surface area contributed by atoms with Crippen LogP contribution in [-0.4, -0.2) is 11.2 Å². The molecular weight excluding hydrogens is 150 g/mol. The molecule has 0 unspecified atom stereocenters. The first-order chi connectivity index (χ1) is 5.85. The Kier molecular flexibility index (Phi) is 2.37. The van der Waals surface area contributed by atoms with Crippen molar-refractivity contribution < 1.29 is 5.21 Å². The van der Waals surface area contributed by atoms with Crippen LogP contribution in [0.3, 0.4) is 0 Å². The number of hydrogen-bond donors (Lipinski definition) is 2. The molecule has 0 radical (unpaired) electrons. The lowest BCUT2D eigenvalue weighted by Crippen LogP contribution is -2.34. The van der Waals surface area contributed by atoms with Crippen molar-refractivity contribution in [3.63, 3.8) is 0 Å². The summed E-state index contributed by atoms with van der Waals surface area (Å²) in [5.74, 6) is 0. The van der Waals surface area contributed by atoms with Gasteiger partial charge in [0.2, 0.25) is 0 Å². The van der Waals surface area contributed by atoms with Crippen LogP contribution in [0, 0.1) is 5.41 Å². The molecule has 0 aliphatic heterocycles. The van der Waals surface area contributed by atoms with Crippen LogP contribution in [0.2, 0.25) is 0 Å². The van der Waals surface area contributed by atoms with Crippen molar-refractivity contribution in [1.29, 1.82) is 0 Å². The van der Waals surface area contributed by atoms with Crippen LogP contribution >= 0.6 is 0 Å². The second-order valence-electron chi connectivity index (χ2n) is 4.61. The molecule has 1 spiro atoms. The van der Waals surface area contributed by atoms with Crippen LogP contribution in [0.4, 0.5) is 0 Å². The van der Waals surface area contributed by atoms with Crippen molar-refractivity contribution in [2.75, 3.05) is 0 Å². The molecule has 2 N–H and O–H groups in total. The van der Waals surface area contributed by atoms with Gasteiger partial charge in [0.25, 0.3) is 0 Å². The van der Waals surface area contributed by atoms with E-state index >= 15 is 0 Å². The third-order valence-electron chi connectivity index (χ3n) is 3.89. The highest BCUT2D eigenvalue weighted by molar-refractivity contribution is 4.90. The summed E-state index contributed by atoms with van der Waals surface area (Å²) in [4.78, 5) is 0. The van der Waals surface area contributed by atoms with Crippen molar-refractivity contribution in [3.05, 3.63) is 0 Å². The van der Waals surface area contributed by atoms with Crippen LogP contribution < -0.4 is 5.48 Å². The van der Waals surface area contributed by atoms with Crippen LogP contribution in [0.25, 0.3) is 0 Å². The lowest BCUT2D eigenvalue weighted by Gasteiger charge is -2.36. The Morgan fingerprint density at radius 3 is 2.08 bits per heavy atom. The summed E-state index contributed by atoms with van der Waals surface area (Å²) in [5, 5.41) is 8.77. The molecule has 2 fully saturated rings. The van der Waals surface area contributed by atoms with E-state index in [1.807, 2.05) is 0 Å². The summed E-state index contributed by atoms with van der Waals surface area (Å²) in [6, 6.07) is 0.385. The second-order valence-corrected chi connectivity index (χ2v) is 4.61. The Morgan fingerprint density at radius 2 is 1.58 bits per heavy atom. The fourth-order valence-electron chi connectivity index (χ4n) is 2.98. The zero-order valence-electron chi connectivity index (χ0n) is 7.68. The van der Waals surface area contributed by atoms with Gasteiger partial charge in [0, 0.05) is 6.04 Å². The van der Waals surface area contributed by atoms with Gasteiger partial charge in [0.1, 0.15) is 0 Å². The molecule has 2 nitrogen and oxygen atoms in total. The maximum absolute atomic E-state index is 8.77. The highest BCUT2D eigenvalue weighted by Crippen LogP contribution is 2.48. The monoisotopic (exact) mass is 169 g/mol. The largest absolute Gasteiger partial charge is 0.317 e. The molecule has 0 atom stereocenters. The van der Waals surface area contributed by atoms with Gasteiger partial charge in [-0.2, -0.15) is 0 Å². The minimum atomic E-state index is 0.385. The maximum atomic E-state index is 8.77. The SMILES string of the molecule is ONC1CCC2(CCCC2)CC1. The summed E-state index contributed by atoms with van der Waals surface area (Å²) in [6.07, 6.45) is 10.8. The van der Waals surface area contributed by atoms with Gasteiger partial charge >= 0.3 is 0 Å². The van der Waals surface area contributed by atoms with Crippen molar-refractivity contribution in [3.8, 4) is 0 Å². The van der Waals surface area contributed by atoms with Crippen LogP contribution in [0.5, 0.6) is 0 Å². The van der Waals surface area contributed by atoms with E-state index in [1.54, 1.807) is 0 Å². The van der Waals surface area contributed by atoms with Gasteiger partial charge in [-0.15, -0.1) is 0 Å². The van der Waals surface area contributed by atoms with Crippen molar-refractivity contribution in [2.24, 2.45) is 5.41 Å². The van der Waals surface area contributed by atoms with Crippen LogP contribution in [0.15, 0.2) is 0 Å². The first kappa shape index (κ1) is 8.52. The zero-order valence-corrected chi connectivity index (χ0v) is 7.68. The first-order valence-electron chi connectivity index (χ1n) is 5.24. The molecule has 2 rings (SSSR count). The lowest BCUT2D eigenvalue weighted by molar-refractivity contribution is 0.0719. The molecule has 70 valence electrons. The molecule has 0 amide bonds. The number of nitrogens with one attached hydrogen (secondary N) is 1. The van der Waals surface area contributed by atoms with E-state index in [0.29, 0.717) is 11.5 Å². The number of hydroxylamine groups is 1. The molecule has 0 bridgehead atoms. The van der Waals surface area contributed by atoms with Gasteiger partial charge in [0.05, 0.1) is 0 Å². The first-order valence-corrected chi connectivity index (χ1v) is 5.24. The Morgan fingerprint density at radius 1 is 1.00 bits per heavy atom. The minimum Gasteiger partial charge on any atom is -0.317 e. The van der Waals surface area contributed by atoms with E-state index in [0.717, 1.165) is 0 Å². The standard InChI is InChI=1S/C10H19NO/c12-11-9-3-7-10(8-4-9)5-1-2-6-10/h9,11-12H,1-8H2. The Bertz CT molecular complexity index is 142. The summed E-state index contributed by atoms with van der Waals surface area (Å²) >= 11 is 0. The molecule has 12 heavy (non-hydrogen) atoms. The van der Waals surface area contributed by atoms with Gasteiger partial charge in [-0.1, -0.05) is 12.8 Å². The Hall–Kier alpha value is -0.0800. The second kappa shape index (κ2) is 3.35. The van der Waals surface area contributed by atoms with Crippen LogP contribution in [-0.2, 0) is 0 Å². The normalized spacial score (nSPS) is 29.8. The van der Waals surface area contributed by atoms with Crippen molar-refractivity contribution in [2.45, 2.75) is 57.4 Å². The molecule has 0 saturated heterocycles. The molecular formula is C10H19NO. The summed E-state index contributed by atoms with van der Waals surface area (Å²) in [7, 11) is 0. The molecule has 0 heterocycles. The zero-order chi connectivity index (χ0) is 8.44. The van der Waals surface area contributed by atoms with Gasteiger partial charge in [0.15, 0.2) is 0 Å². The molecule has 0 aromatic heterocycles. The molecule has 0 aromatic rings. The van der Waals surface area contributed by atoms with Crippen molar-refractivity contribution in [1.82, 2.24) is 5.48 Å². The minimum absolute atomic E-state index is 0.385. The third kappa shape index (κ3) is 1.50. The smallest absolute Gasteiger partial charge is 0.0320 e. The summed E-state index contributed by atoms with van der Waals surface area (Å²) < 4.78 is 0. The Labute approximate surface area is 74.3 Å². The van der Waals surface area contributed by atoms with E-state index in [4.69, 9.17) is 5.21 Å². The number of hydrogen-bond acceptors (Lipinski definition) is 2. The van der Waals surface area contributed by atoms with E-state index in [9.17, 15) is 0 Å². The van der Waals surface area contributed by atoms with Gasteiger partial charge in [-0.05, 0) is 43.9 Å². The molecule has 2 aliphatic rings. The fourth-order valence-corrected chi connectivity index (χ4v) is 2.98. The van der Waals surface area contributed by atoms with Crippen LogP contribution in [0.1, 0.15) is 51.4 Å². The third-order valence-corrected chi connectivity index (χ3v) is 3.89. The van der Waals surface area contributed by atoms with E-state index in [2.05, 4.69) is 5.48 Å². The van der Waals surface area contributed by atoms with Crippen molar-refractivity contribution >= 4 is 0 Å². The predicted octanol–water partition coefficient (Wildman–Crippen LogP) is 2.47. The quantitative estimate of drug-likeness (QED) is 0.591. The van der Waals surface area contributed by atoms with Gasteiger partial charge < -0.3 is 5.21 Å². The summed E-state index contributed by atoms with van der Waals surface area (Å²) in [5.41, 5.74) is 3.11. The summed E-state index contributed by atoms with van der Waals surface area (Å²) in [6.45, 7) is 0. The predicted molar refractivity (Wildman–Crippen MR) is 48.1 cm³/mol. The van der Waals surface area contributed by atoms with Gasteiger partial charge in [-0.25, -0.2) is 5.48 Å². The topological polar surface area (TPSA) is 32.3 Å². The molecule has 2 aliphatic carbocycles. The average molecular weight is 169 g/mol. The molecule has 2 heteroatoms. The highest BCUT2D eigenvalue weighted by Gasteiger charge is 2.37. The highest BCUT2D eigenvalue weighted by atomic mass is 16.5. The molecule has 2 saturated carbocycles. The fraction of sp³-hybridized carbons (Fsp3) is 1.00. The van der Waals surface area contributed by atoms with Gasteiger partial charge in [-0.3, -0.25) is 0 Å².